The maximum absolute atomic E-state index is 13.8. The van der Waals surface area contributed by atoms with Crippen molar-refractivity contribution in [2.45, 2.75) is 26.4 Å². The number of aromatic nitrogens is 1. The number of carbonyl (C=O) groups is 3. The van der Waals surface area contributed by atoms with Crippen LogP contribution in [0.1, 0.15) is 40.8 Å². The van der Waals surface area contributed by atoms with Crippen LogP contribution >= 0.6 is 22.9 Å². The van der Waals surface area contributed by atoms with E-state index in [1.54, 1.807) is 20.8 Å². The van der Waals surface area contributed by atoms with Gasteiger partial charge in [-0.25, -0.2) is 19.0 Å². The summed E-state index contributed by atoms with van der Waals surface area (Å²) in [5, 5.41) is 4.93. The molecular weight excluding hydrogens is 413 g/mol. The molecule has 1 aromatic heterocycles. The maximum Gasteiger partial charge on any atom is 0.413 e. The van der Waals surface area contributed by atoms with E-state index in [1.165, 1.54) is 6.20 Å². The predicted molar refractivity (Wildman–Crippen MR) is 103 cm³/mol. The first-order chi connectivity index (χ1) is 13.0. The van der Waals surface area contributed by atoms with Crippen LogP contribution < -0.4 is 10.6 Å². The van der Waals surface area contributed by atoms with Crippen molar-refractivity contribution in [3.8, 4) is 0 Å². The summed E-state index contributed by atoms with van der Waals surface area (Å²) in [4.78, 5) is 39.8. The van der Waals surface area contributed by atoms with Gasteiger partial charge in [0.1, 0.15) is 16.3 Å². The number of halogens is 2. The Labute approximate surface area is 169 Å². The maximum atomic E-state index is 13.8. The van der Waals surface area contributed by atoms with Crippen LogP contribution in [0.4, 0.5) is 20.0 Å². The van der Waals surface area contributed by atoms with Gasteiger partial charge >= 0.3 is 12.1 Å². The van der Waals surface area contributed by atoms with Crippen molar-refractivity contribution >= 4 is 51.7 Å². The molecule has 0 aliphatic carbocycles. The van der Waals surface area contributed by atoms with E-state index in [2.05, 4.69) is 20.4 Å². The second-order valence-electron chi connectivity index (χ2n) is 6.41. The zero-order valence-electron chi connectivity index (χ0n) is 15.4. The Hall–Kier alpha value is -2.72. The molecule has 2 aromatic rings. The number of rotatable bonds is 4. The van der Waals surface area contributed by atoms with Gasteiger partial charge in [-0.15, -0.1) is 0 Å². The standard InChI is InChI=1S/C17H17ClFN3O5S/c1-17(2,3)27-16(25)22-15-20-7-12(28-15)13(23)21-11-5-8(14(24)26-4)10(19)6-9(11)18/h5-7H,1-4H3,(H,21,23)(H,20,22,25). The van der Waals surface area contributed by atoms with E-state index in [4.69, 9.17) is 16.3 Å². The number of anilines is 2. The Morgan fingerprint density at radius 1 is 1.21 bits per heavy atom. The van der Waals surface area contributed by atoms with Crippen molar-refractivity contribution in [1.29, 1.82) is 0 Å². The van der Waals surface area contributed by atoms with Crippen LogP contribution in [0.15, 0.2) is 18.3 Å². The largest absolute Gasteiger partial charge is 0.465 e. The lowest BCUT2D eigenvalue weighted by Crippen LogP contribution is -2.27. The number of ether oxygens (including phenoxy) is 2. The minimum absolute atomic E-state index is 0.0171. The first-order valence-corrected chi connectivity index (χ1v) is 9.04. The fourth-order valence-electron chi connectivity index (χ4n) is 1.92. The summed E-state index contributed by atoms with van der Waals surface area (Å²) in [7, 11) is 1.10. The smallest absolute Gasteiger partial charge is 0.413 e. The predicted octanol–water partition coefficient (Wildman–Crippen LogP) is 4.32. The van der Waals surface area contributed by atoms with E-state index in [0.29, 0.717) is 0 Å². The Morgan fingerprint density at radius 2 is 1.89 bits per heavy atom. The van der Waals surface area contributed by atoms with E-state index in [9.17, 15) is 18.8 Å². The molecule has 0 atom stereocenters. The average molecular weight is 430 g/mol. The molecule has 0 unspecified atom stereocenters. The van der Waals surface area contributed by atoms with Gasteiger partial charge in [0.25, 0.3) is 5.91 Å². The van der Waals surface area contributed by atoms with E-state index < -0.39 is 29.4 Å². The molecule has 0 bridgehead atoms. The molecule has 8 nitrogen and oxygen atoms in total. The van der Waals surface area contributed by atoms with Crippen molar-refractivity contribution in [3.63, 3.8) is 0 Å². The Kier molecular flexibility index (Phi) is 6.57. The number of benzene rings is 1. The molecule has 2 amide bonds. The van der Waals surface area contributed by atoms with Gasteiger partial charge in [-0.1, -0.05) is 22.9 Å². The first-order valence-electron chi connectivity index (χ1n) is 7.84. The topological polar surface area (TPSA) is 107 Å². The van der Waals surface area contributed by atoms with Crippen molar-refractivity contribution in [3.05, 3.63) is 39.6 Å². The number of hydrogen-bond donors (Lipinski definition) is 2. The monoisotopic (exact) mass is 429 g/mol. The number of hydrogen-bond acceptors (Lipinski definition) is 7. The number of nitrogens with zero attached hydrogens (tertiary/aromatic N) is 1. The summed E-state index contributed by atoms with van der Waals surface area (Å²) < 4.78 is 23.4. The highest BCUT2D eigenvalue weighted by Gasteiger charge is 2.20. The molecule has 0 aliphatic heterocycles. The highest BCUT2D eigenvalue weighted by atomic mass is 35.5. The number of thiazole rings is 1. The molecule has 0 saturated heterocycles. The Balaban J connectivity index is 2.13. The van der Waals surface area contributed by atoms with Crippen molar-refractivity contribution < 1.29 is 28.2 Å². The SMILES string of the molecule is COC(=O)c1cc(NC(=O)c2cnc(NC(=O)OC(C)(C)C)s2)c(Cl)cc1F. The number of nitrogens with one attached hydrogen (secondary N) is 2. The average Bonchev–Trinajstić information content (AvgIpc) is 3.03. The molecular formula is C17H17ClFN3O5S. The molecule has 0 spiro atoms. The van der Waals surface area contributed by atoms with Gasteiger partial charge in [0, 0.05) is 0 Å². The van der Waals surface area contributed by atoms with Crippen molar-refractivity contribution in [2.75, 3.05) is 17.7 Å². The number of esters is 1. The fraction of sp³-hybridized carbons (Fsp3) is 0.294. The number of carbonyl (C=O) groups excluding carboxylic acids is 3. The lowest BCUT2D eigenvalue weighted by Gasteiger charge is -2.18. The molecule has 28 heavy (non-hydrogen) atoms. The zero-order chi connectivity index (χ0) is 21.1. The normalized spacial score (nSPS) is 10.9. The number of methoxy groups -OCH3 is 1. The van der Waals surface area contributed by atoms with E-state index >= 15 is 0 Å². The molecule has 2 rings (SSSR count). The van der Waals surface area contributed by atoms with Crippen LogP contribution in [-0.4, -0.2) is 35.7 Å². The van der Waals surface area contributed by atoms with Crippen LogP contribution in [0.3, 0.4) is 0 Å². The summed E-state index contributed by atoms with van der Waals surface area (Å²) >= 11 is 6.82. The summed E-state index contributed by atoms with van der Waals surface area (Å²) in [5.41, 5.74) is -1.04. The van der Waals surface area contributed by atoms with Gasteiger partial charge < -0.3 is 14.8 Å². The van der Waals surface area contributed by atoms with E-state index in [-0.39, 0.29) is 26.3 Å². The lowest BCUT2D eigenvalue weighted by atomic mass is 10.2. The summed E-state index contributed by atoms with van der Waals surface area (Å²) in [6, 6.07) is 1.97. The van der Waals surface area contributed by atoms with Crippen LogP contribution in [0.2, 0.25) is 5.02 Å². The minimum Gasteiger partial charge on any atom is -0.465 e. The van der Waals surface area contributed by atoms with Gasteiger partial charge in [0.05, 0.1) is 29.6 Å². The highest BCUT2D eigenvalue weighted by molar-refractivity contribution is 7.17. The second kappa shape index (κ2) is 8.53. The first kappa shape index (κ1) is 21.6. The van der Waals surface area contributed by atoms with Crippen molar-refractivity contribution in [2.24, 2.45) is 0 Å². The molecule has 150 valence electrons. The van der Waals surface area contributed by atoms with Crippen LogP contribution in [-0.2, 0) is 9.47 Å². The van der Waals surface area contributed by atoms with E-state index in [0.717, 1.165) is 30.6 Å². The molecule has 0 radical (unpaired) electrons. The molecule has 1 heterocycles. The van der Waals surface area contributed by atoms with Gasteiger partial charge in [-0.2, -0.15) is 0 Å². The quantitative estimate of drug-likeness (QED) is 0.701. The van der Waals surface area contributed by atoms with Gasteiger partial charge in [0.15, 0.2) is 5.13 Å². The molecule has 0 aliphatic rings. The van der Waals surface area contributed by atoms with Gasteiger partial charge in [0.2, 0.25) is 0 Å². The summed E-state index contributed by atoms with van der Waals surface area (Å²) in [6.45, 7) is 5.13. The van der Waals surface area contributed by atoms with Crippen LogP contribution in [0.25, 0.3) is 0 Å². The molecule has 11 heteroatoms. The molecule has 1 aromatic carbocycles. The van der Waals surface area contributed by atoms with Gasteiger partial charge in [-0.05, 0) is 32.9 Å². The highest BCUT2D eigenvalue weighted by Crippen LogP contribution is 2.28. The third kappa shape index (κ3) is 5.64. The minimum atomic E-state index is -0.911. The third-order valence-corrected chi connectivity index (χ3v) is 4.27. The third-order valence-electron chi connectivity index (χ3n) is 3.05. The van der Waals surface area contributed by atoms with Crippen LogP contribution in [0, 0.1) is 5.82 Å². The van der Waals surface area contributed by atoms with Gasteiger partial charge in [-0.3, -0.25) is 10.1 Å². The summed E-state index contributed by atoms with van der Waals surface area (Å²) in [5.74, 6) is -2.40. The van der Waals surface area contributed by atoms with Crippen molar-refractivity contribution in [1.82, 2.24) is 4.98 Å². The molecule has 2 N–H and O–H groups in total. The van der Waals surface area contributed by atoms with Crippen LogP contribution in [0.5, 0.6) is 0 Å². The molecule has 0 fully saturated rings. The van der Waals surface area contributed by atoms with E-state index in [1.807, 2.05) is 0 Å². The molecule has 0 saturated carbocycles. The summed E-state index contributed by atoms with van der Waals surface area (Å²) in [6.07, 6.45) is 0.531. The lowest BCUT2D eigenvalue weighted by molar-refractivity contribution is 0.0593. The zero-order valence-corrected chi connectivity index (χ0v) is 17.0. The Bertz CT molecular complexity index is 926. The fourth-order valence-corrected chi connectivity index (χ4v) is 2.82. The Morgan fingerprint density at radius 3 is 2.50 bits per heavy atom. The second-order valence-corrected chi connectivity index (χ2v) is 7.85. The number of amides is 2.